The topological polar surface area (TPSA) is 74.1 Å². The van der Waals surface area contributed by atoms with Crippen LogP contribution in [0.1, 0.15) is 71.3 Å². The quantitative estimate of drug-likeness (QED) is 0.543. The lowest BCUT2D eigenvalue weighted by molar-refractivity contribution is -0.128. The Kier molecular flexibility index (Phi) is 6.56. The Hall–Kier alpha value is -1.47. The SMILES string of the molecule is CCNC[C@]1(c2ccccc2)CC[C@]2(CC1)CN(CC(C)(C)C(N)=O)C1OC1N2CC1CCC1. The van der Waals surface area contributed by atoms with Gasteiger partial charge in [0.2, 0.25) is 5.91 Å². The Labute approximate surface area is 205 Å². The molecule has 2 aliphatic heterocycles. The van der Waals surface area contributed by atoms with Gasteiger partial charge in [-0.1, -0.05) is 43.7 Å². The Bertz CT molecular complexity index is 860. The number of nitrogens with two attached hydrogens (primary N) is 1. The monoisotopic (exact) mass is 468 g/mol. The van der Waals surface area contributed by atoms with Gasteiger partial charge in [-0.2, -0.15) is 0 Å². The molecule has 2 atom stereocenters. The highest BCUT2D eigenvalue weighted by atomic mass is 16.6. The van der Waals surface area contributed by atoms with Gasteiger partial charge in [-0.05, 0) is 70.4 Å². The first-order chi connectivity index (χ1) is 16.3. The molecule has 188 valence electrons. The fourth-order valence-corrected chi connectivity index (χ4v) is 6.77. The maximum Gasteiger partial charge on any atom is 0.224 e. The summed E-state index contributed by atoms with van der Waals surface area (Å²) in [6, 6.07) is 11.1. The lowest BCUT2D eigenvalue weighted by atomic mass is 9.62. The Balaban J connectivity index is 1.39. The minimum Gasteiger partial charge on any atom is -0.369 e. The first-order valence-corrected chi connectivity index (χ1v) is 13.5. The zero-order chi connectivity index (χ0) is 24.0. The summed E-state index contributed by atoms with van der Waals surface area (Å²) in [4.78, 5) is 17.3. The summed E-state index contributed by atoms with van der Waals surface area (Å²) < 4.78 is 6.31. The molecule has 6 nitrogen and oxygen atoms in total. The second-order valence-electron chi connectivity index (χ2n) is 12.2. The number of amides is 1. The van der Waals surface area contributed by atoms with E-state index in [1.165, 1.54) is 57.1 Å². The van der Waals surface area contributed by atoms with Gasteiger partial charge in [0.05, 0.1) is 5.41 Å². The largest absolute Gasteiger partial charge is 0.369 e. The van der Waals surface area contributed by atoms with Crippen molar-refractivity contribution < 1.29 is 9.53 Å². The van der Waals surface area contributed by atoms with Crippen LogP contribution in [-0.4, -0.2) is 66.4 Å². The molecule has 4 aliphatic rings. The highest BCUT2D eigenvalue weighted by Gasteiger charge is 2.62. The molecule has 6 heteroatoms. The number of benzene rings is 1. The molecule has 0 bridgehead atoms. The van der Waals surface area contributed by atoms with Gasteiger partial charge in [-0.15, -0.1) is 0 Å². The van der Waals surface area contributed by atoms with E-state index in [-0.39, 0.29) is 29.3 Å². The van der Waals surface area contributed by atoms with Crippen molar-refractivity contribution >= 4 is 5.91 Å². The van der Waals surface area contributed by atoms with Crippen molar-refractivity contribution in [2.24, 2.45) is 17.1 Å². The fourth-order valence-electron chi connectivity index (χ4n) is 6.77. The average Bonchev–Trinajstić information content (AvgIpc) is 3.59. The number of carbonyl (C=O) groups excluding carboxylic acids is 1. The first-order valence-electron chi connectivity index (χ1n) is 13.5. The van der Waals surface area contributed by atoms with Gasteiger partial charge >= 0.3 is 0 Å². The zero-order valence-electron chi connectivity index (χ0n) is 21.4. The van der Waals surface area contributed by atoms with Gasteiger partial charge in [0.25, 0.3) is 0 Å². The Morgan fingerprint density at radius 1 is 1.15 bits per heavy atom. The third kappa shape index (κ3) is 4.43. The zero-order valence-corrected chi connectivity index (χ0v) is 21.4. The molecule has 34 heavy (non-hydrogen) atoms. The molecule has 4 fully saturated rings. The summed E-state index contributed by atoms with van der Waals surface area (Å²) in [5.41, 5.74) is 6.98. The van der Waals surface area contributed by atoms with Gasteiger partial charge < -0.3 is 15.8 Å². The molecule has 5 rings (SSSR count). The maximum absolute atomic E-state index is 12.1. The molecular weight excluding hydrogens is 424 g/mol. The lowest BCUT2D eigenvalue weighted by Crippen LogP contribution is -2.66. The number of hydrogen-bond acceptors (Lipinski definition) is 5. The van der Waals surface area contributed by atoms with Crippen molar-refractivity contribution in [3.8, 4) is 0 Å². The van der Waals surface area contributed by atoms with Crippen molar-refractivity contribution in [2.45, 2.75) is 89.1 Å². The van der Waals surface area contributed by atoms with Crippen molar-refractivity contribution in [2.75, 3.05) is 32.7 Å². The summed E-state index contributed by atoms with van der Waals surface area (Å²) in [5.74, 6) is 0.589. The lowest BCUT2D eigenvalue weighted by Gasteiger charge is -2.56. The summed E-state index contributed by atoms with van der Waals surface area (Å²) >= 11 is 0. The van der Waals surface area contributed by atoms with Crippen molar-refractivity contribution in [3.63, 3.8) is 0 Å². The van der Waals surface area contributed by atoms with Gasteiger partial charge in [0, 0.05) is 37.1 Å². The molecule has 3 N–H and O–H groups in total. The normalized spacial score (nSPS) is 34.6. The second kappa shape index (κ2) is 9.20. The summed E-state index contributed by atoms with van der Waals surface area (Å²) in [6.45, 7) is 11.0. The minimum absolute atomic E-state index is 0.117. The molecule has 1 aromatic carbocycles. The number of nitrogens with zero attached hydrogens (tertiary/aromatic N) is 2. The second-order valence-corrected chi connectivity index (χ2v) is 12.2. The number of carbonyl (C=O) groups is 1. The van der Waals surface area contributed by atoms with E-state index in [2.05, 4.69) is 52.4 Å². The highest BCUT2D eigenvalue weighted by molar-refractivity contribution is 5.80. The number of ether oxygens (including phenoxy) is 1. The van der Waals surface area contributed by atoms with Crippen LogP contribution in [0.25, 0.3) is 0 Å². The van der Waals surface area contributed by atoms with E-state index in [0.29, 0.717) is 6.54 Å². The predicted octanol–water partition coefficient (Wildman–Crippen LogP) is 3.46. The number of likely N-dealkylation sites (N-methyl/N-ethyl adjacent to an activating group) is 1. The van der Waals surface area contributed by atoms with Gasteiger partial charge in [-0.25, -0.2) is 0 Å². The van der Waals surface area contributed by atoms with Crippen molar-refractivity contribution in [1.29, 1.82) is 0 Å². The summed E-state index contributed by atoms with van der Waals surface area (Å²) in [5, 5.41) is 3.68. The van der Waals surface area contributed by atoms with Crippen LogP contribution < -0.4 is 11.1 Å². The van der Waals surface area contributed by atoms with E-state index >= 15 is 0 Å². The van der Waals surface area contributed by atoms with Gasteiger partial charge in [0.15, 0.2) is 12.5 Å². The molecule has 0 radical (unpaired) electrons. The van der Waals surface area contributed by atoms with E-state index < -0.39 is 5.41 Å². The van der Waals surface area contributed by atoms with Crippen LogP contribution in [0.5, 0.6) is 0 Å². The van der Waals surface area contributed by atoms with E-state index in [9.17, 15) is 4.79 Å². The third-order valence-electron chi connectivity index (χ3n) is 9.40. The molecule has 2 saturated carbocycles. The van der Waals surface area contributed by atoms with Gasteiger partial charge in [0.1, 0.15) is 0 Å². The summed E-state index contributed by atoms with van der Waals surface area (Å²) in [7, 11) is 0. The molecule has 2 aliphatic carbocycles. The first kappa shape index (κ1) is 24.2. The Morgan fingerprint density at radius 3 is 2.44 bits per heavy atom. The van der Waals surface area contributed by atoms with Crippen LogP contribution in [-0.2, 0) is 14.9 Å². The van der Waals surface area contributed by atoms with E-state index in [0.717, 1.165) is 25.6 Å². The van der Waals surface area contributed by atoms with Crippen LogP contribution >= 0.6 is 0 Å². The smallest absolute Gasteiger partial charge is 0.224 e. The fraction of sp³-hybridized carbons (Fsp3) is 0.750. The van der Waals surface area contributed by atoms with E-state index in [1.807, 2.05) is 13.8 Å². The van der Waals surface area contributed by atoms with Crippen molar-refractivity contribution in [3.05, 3.63) is 35.9 Å². The molecular formula is C28H44N4O2. The van der Waals surface area contributed by atoms with Crippen LogP contribution in [0.2, 0.25) is 0 Å². The van der Waals surface area contributed by atoms with Crippen LogP contribution in [0.4, 0.5) is 0 Å². The average molecular weight is 469 g/mol. The standard InChI is InChI=1S/C28H44N4O2/c1-4-30-18-27(22-11-6-5-7-12-22)13-15-28(16-14-27)20-31(19-26(2,3)25(29)33)23-24(34-23)32(28)17-21-9-8-10-21/h5-7,11-12,21,23-24,30H,4,8-10,13-20H2,1-3H3,(H2,29,33)/t23?,24?,27-,28-. The van der Waals surface area contributed by atoms with E-state index in [4.69, 9.17) is 10.5 Å². The molecule has 2 heterocycles. The van der Waals surface area contributed by atoms with E-state index in [1.54, 1.807) is 0 Å². The summed E-state index contributed by atoms with van der Waals surface area (Å²) in [6.07, 6.45) is 9.07. The number of hydrogen-bond donors (Lipinski definition) is 2. The van der Waals surface area contributed by atoms with Crippen molar-refractivity contribution in [1.82, 2.24) is 15.1 Å². The van der Waals surface area contributed by atoms with Crippen LogP contribution in [0.3, 0.4) is 0 Å². The molecule has 1 aromatic rings. The predicted molar refractivity (Wildman–Crippen MR) is 135 cm³/mol. The minimum atomic E-state index is -0.554. The maximum atomic E-state index is 12.1. The van der Waals surface area contributed by atoms with Crippen LogP contribution in [0.15, 0.2) is 30.3 Å². The van der Waals surface area contributed by atoms with Crippen LogP contribution in [0, 0.1) is 11.3 Å². The molecule has 1 amide bonds. The number of epoxide rings is 1. The number of rotatable bonds is 9. The molecule has 2 unspecified atom stereocenters. The third-order valence-corrected chi connectivity index (χ3v) is 9.40. The highest BCUT2D eigenvalue weighted by Crippen LogP contribution is 2.52. The molecule has 0 aromatic heterocycles. The number of nitrogens with one attached hydrogen (secondary N) is 1. The molecule has 2 saturated heterocycles. The molecule has 1 spiro atoms. The number of fused-ring (bicyclic) bond motifs is 1. The number of piperazine rings is 1. The number of primary amides is 1. The Morgan fingerprint density at radius 2 is 1.85 bits per heavy atom. The van der Waals surface area contributed by atoms with Gasteiger partial charge in [-0.3, -0.25) is 14.6 Å².